The number of nitriles is 1. The minimum atomic E-state index is -3.99. The number of nitrogens with zero attached hydrogens (tertiary/aromatic N) is 4. The van der Waals surface area contributed by atoms with E-state index >= 15 is 0 Å². The Morgan fingerprint density at radius 1 is 1.06 bits per heavy atom. The highest BCUT2D eigenvalue weighted by Gasteiger charge is 2.47. The average Bonchev–Trinajstić information content (AvgIpc) is 2.82. The molecular weight excluding hydrogens is 511 g/mol. The summed E-state index contributed by atoms with van der Waals surface area (Å²) < 4.78 is 68.4. The summed E-state index contributed by atoms with van der Waals surface area (Å²) in [4.78, 5) is 4.82. The first-order chi connectivity index (χ1) is 16.7. The van der Waals surface area contributed by atoms with Crippen molar-refractivity contribution >= 4 is 37.5 Å². The molecule has 0 aliphatic carbocycles. The third-order valence-electron chi connectivity index (χ3n) is 5.99. The monoisotopic (exact) mass is 530 g/mol. The summed E-state index contributed by atoms with van der Waals surface area (Å²) in [7, 11) is -7.86. The molecule has 0 unspecified atom stereocenters. The first-order valence-corrected chi connectivity index (χ1v) is 14.5. The van der Waals surface area contributed by atoms with E-state index in [4.69, 9.17) is 5.26 Å². The Bertz CT molecular complexity index is 1550. The molecule has 180 valence electrons. The molecule has 0 amide bonds. The van der Waals surface area contributed by atoms with Crippen LogP contribution >= 0.6 is 11.8 Å². The second kappa shape index (κ2) is 8.91. The van der Waals surface area contributed by atoms with Crippen LogP contribution in [-0.2, 0) is 20.0 Å². The Morgan fingerprint density at radius 3 is 2.49 bits per heavy atom. The molecular formula is C23H19FN4O4S3. The van der Waals surface area contributed by atoms with Gasteiger partial charge in [0, 0.05) is 42.0 Å². The highest BCUT2D eigenvalue weighted by molar-refractivity contribution is 8.00. The summed E-state index contributed by atoms with van der Waals surface area (Å²) in [5.41, 5.74) is 2.55. The van der Waals surface area contributed by atoms with Gasteiger partial charge in [0.1, 0.15) is 11.1 Å². The molecule has 2 aromatic carbocycles. The molecule has 2 aliphatic rings. The summed E-state index contributed by atoms with van der Waals surface area (Å²) in [6.45, 7) is -0.169. The minimum absolute atomic E-state index is 0.204. The molecule has 35 heavy (non-hydrogen) atoms. The number of aromatic nitrogens is 1. The minimum Gasteiger partial charge on any atom is -0.266 e. The van der Waals surface area contributed by atoms with Crippen molar-refractivity contribution in [3.05, 3.63) is 72.3 Å². The van der Waals surface area contributed by atoms with Crippen LogP contribution in [-0.4, -0.2) is 56.8 Å². The summed E-state index contributed by atoms with van der Waals surface area (Å²) in [6, 6.07) is 13.7. The van der Waals surface area contributed by atoms with Gasteiger partial charge in [0.15, 0.2) is 0 Å². The zero-order valence-corrected chi connectivity index (χ0v) is 20.7. The van der Waals surface area contributed by atoms with E-state index < -0.39 is 31.1 Å². The first-order valence-electron chi connectivity index (χ1n) is 10.6. The molecule has 1 fully saturated rings. The Balaban J connectivity index is 1.41. The Morgan fingerprint density at radius 2 is 1.80 bits per heavy atom. The third-order valence-corrected chi connectivity index (χ3v) is 11.1. The summed E-state index contributed by atoms with van der Waals surface area (Å²) >= 11 is 1.53. The van der Waals surface area contributed by atoms with Gasteiger partial charge in [-0.05, 0) is 35.9 Å². The summed E-state index contributed by atoms with van der Waals surface area (Å²) in [6.07, 6.45) is 3.17. The van der Waals surface area contributed by atoms with Gasteiger partial charge in [0.05, 0.1) is 28.4 Å². The van der Waals surface area contributed by atoms with Crippen LogP contribution in [0.4, 0.5) is 10.1 Å². The number of sulfonamides is 2. The van der Waals surface area contributed by atoms with Gasteiger partial charge in [-0.2, -0.15) is 9.57 Å². The van der Waals surface area contributed by atoms with Crippen LogP contribution in [0, 0.1) is 17.1 Å². The van der Waals surface area contributed by atoms with Crippen LogP contribution < -0.4 is 4.31 Å². The lowest BCUT2D eigenvalue weighted by atomic mass is 10.1. The van der Waals surface area contributed by atoms with Gasteiger partial charge in [-0.15, -0.1) is 11.8 Å². The van der Waals surface area contributed by atoms with Crippen LogP contribution in [0.3, 0.4) is 0 Å². The topological polar surface area (TPSA) is 111 Å². The van der Waals surface area contributed by atoms with Crippen molar-refractivity contribution in [3.63, 3.8) is 0 Å². The fraction of sp³-hybridized carbons (Fsp3) is 0.217. The lowest BCUT2D eigenvalue weighted by molar-refractivity contribution is 0.309. The maximum absolute atomic E-state index is 13.5. The fourth-order valence-electron chi connectivity index (χ4n) is 4.05. The number of anilines is 1. The van der Waals surface area contributed by atoms with E-state index in [0.717, 1.165) is 32.5 Å². The highest BCUT2D eigenvalue weighted by Crippen LogP contribution is 2.43. The summed E-state index contributed by atoms with van der Waals surface area (Å²) in [5, 5.41) is 8.13. The van der Waals surface area contributed by atoms with Crippen molar-refractivity contribution in [2.75, 3.05) is 29.7 Å². The Labute approximate surface area is 207 Å². The van der Waals surface area contributed by atoms with Gasteiger partial charge in [-0.1, -0.05) is 18.2 Å². The normalized spacial score (nSPS) is 16.9. The Hall–Kier alpha value is -2.98. The lowest BCUT2D eigenvalue weighted by Gasteiger charge is -2.41. The molecule has 0 spiro atoms. The third kappa shape index (κ3) is 4.18. The van der Waals surface area contributed by atoms with E-state index in [1.165, 1.54) is 34.4 Å². The van der Waals surface area contributed by atoms with Crippen LogP contribution in [0.1, 0.15) is 5.56 Å². The van der Waals surface area contributed by atoms with E-state index in [1.807, 2.05) is 0 Å². The lowest BCUT2D eigenvalue weighted by Crippen LogP contribution is -2.60. The molecule has 3 aromatic rings. The van der Waals surface area contributed by atoms with Gasteiger partial charge in [-0.25, -0.2) is 21.2 Å². The van der Waals surface area contributed by atoms with Gasteiger partial charge in [-0.3, -0.25) is 9.29 Å². The van der Waals surface area contributed by atoms with Gasteiger partial charge < -0.3 is 0 Å². The molecule has 0 N–H and O–H groups in total. The van der Waals surface area contributed by atoms with Crippen LogP contribution in [0.25, 0.3) is 11.1 Å². The number of hydrogen-bond acceptors (Lipinski definition) is 7. The van der Waals surface area contributed by atoms with E-state index in [9.17, 15) is 21.2 Å². The average molecular weight is 531 g/mol. The Kier molecular flexibility index (Phi) is 6.04. The molecule has 8 nitrogen and oxygen atoms in total. The van der Waals surface area contributed by atoms with Crippen molar-refractivity contribution < 1.29 is 21.2 Å². The molecule has 0 bridgehead atoms. The molecule has 0 atom stereocenters. The number of pyridine rings is 1. The molecule has 1 saturated heterocycles. The molecule has 12 heteroatoms. The predicted octanol–water partition coefficient (Wildman–Crippen LogP) is 3.07. The quantitative estimate of drug-likeness (QED) is 0.498. The molecule has 3 heterocycles. The van der Waals surface area contributed by atoms with Gasteiger partial charge in [0.25, 0.3) is 0 Å². The van der Waals surface area contributed by atoms with Crippen molar-refractivity contribution in [1.82, 2.24) is 9.29 Å². The van der Waals surface area contributed by atoms with E-state index in [-0.39, 0.29) is 24.5 Å². The molecule has 5 rings (SSSR count). The highest BCUT2D eigenvalue weighted by atomic mass is 32.2. The molecule has 1 aromatic heterocycles. The summed E-state index contributed by atoms with van der Waals surface area (Å²) in [5.74, 6) is -0.152. The number of thioether (sulfide) groups is 1. The zero-order chi connectivity index (χ0) is 24.8. The first kappa shape index (κ1) is 23.7. The van der Waals surface area contributed by atoms with E-state index in [1.54, 1.807) is 30.5 Å². The van der Waals surface area contributed by atoms with Crippen LogP contribution in [0.15, 0.2) is 70.7 Å². The van der Waals surface area contributed by atoms with Gasteiger partial charge in [0.2, 0.25) is 20.0 Å². The fourth-order valence-corrected chi connectivity index (χ4v) is 8.95. The number of fused-ring (bicyclic) bond motifs is 1. The van der Waals surface area contributed by atoms with Crippen molar-refractivity contribution in [2.24, 2.45) is 0 Å². The van der Waals surface area contributed by atoms with Crippen molar-refractivity contribution in [3.8, 4) is 17.2 Å². The molecule has 0 saturated carbocycles. The second-order valence-electron chi connectivity index (χ2n) is 8.09. The molecule has 0 radical (unpaired) electrons. The van der Waals surface area contributed by atoms with E-state index in [0.29, 0.717) is 17.0 Å². The standard InChI is InChI=1S/C23H19FN4O4S3/c24-18-2-1-3-19(10-18)34(29,30)27-14-20(15-27)35(31,32)28-8-9-33-23-21(12-26-13-22(23)28)17-6-4-16(11-25)5-7-17/h1-7,10,12-13,20H,8-9,14-15H2. The van der Waals surface area contributed by atoms with Crippen molar-refractivity contribution in [1.29, 1.82) is 5.26 Å². The number of hydrogen-bond donors (Lipinski definition) is 0. The number of halogens is 1. The number of rotatable bonds is 5. The second-order valence-corrected chi connectivity index (χ2v) is 13.3. The SMILES string of the molecule is N#Cc1ccc(-c2cncc3c2SCCN3S(=O)(=O)C2CN(S(=O)(=O)c3cccc(F)c3)C2)cc1. The van der Waals surface area contributed by atoms with Crippen LogP contribution in [0.2, 0.25) is 0 Å². The number of benzene rings is 2. The molecule has 2 aliphatic heterocycles. The largest absolute Gasteiger partial charge is 0.266 e. The van der Waals surface area contributed by atoms with Crippen LogP contribution in [0.5, 0.6) is 0 Å². The smallest absolute Gasteiger partial charge is 0.243 e. The van der Waals surface area contributed by atoms with Gasteiger partial charge >= 0.3 is 0 Å². The van der Waals surface area contributed by atoms with E-state index in [2.05, 4.69) is 11.1 Å². The van der Waals surface area contributed by atoms with Crippen molar-refractivity contribution in [2.45, 2.75) is 15.0 Å². The zero-order valence-electron chi connectivity index (χ0n) is 18.2. The maximum Gasteiger partial charge on any atom is 0.243 e. The maximum atomic E-state index is 13.5. The predicted molar refractivity (Wildman–Crippen MR) is 130 cm³/mol.